The van der Waals surface area contributed by atoms with Crippen LogP contribution in [0.5, 0.6) is 5.75 Å². The summed E-state index contributed by atoms with van der Waals surface area (Å²) < 4.78 is 5.67. The van der Waals surface area contributed by atoms with Gasteiger partial charge in [0.1, 0.15) is 16.7 Å². The Balaban J connectivity index is 2.25. The maximum Gasteiger partial charge on any atom is 0.128 e. The largest absolute Gasteiger partial charge is 0.494 e. The number of ether oxygens (including phenoxy) is 1. The molecular weight excluding hydrogens is 280 g/mol. The van der Waals surface area contributed by atoms with Crippen molar-refractivity contribution in [3.63, 3.8) is 0 Å². The Morgan fingerprint density at radius 3 is 2.52 bits per heavy atom. The molecule has 0 fully saturated rings. The van der Waals surface area contributed by atoms with Crippen LogP contribution in [0.15, 0.2) is 24.3 Å². The Kier molecular flexibility index (Phi) is 5.24. The molecule has 0 amide bonds. The zero-order valence-corrected chi connectivity index (χ0v) is 13.3. The molecule has 1 aromatic carbocycles. The second kappa shape index (κ2) is 7.14. The third kappa shape index (κ3) is 3.37. The average molecular weight is 300 g/mol. The van der Waals surface area contributed by atoms with Gasteiger partial charge in [0, 0.05) is 4.88 Å². The molecule has 2 aromatic rings. The van der Waals surface area contributed by atoms with E-state index in [0.29, 0.717) is 10.6 Å². The number of nitrogen functional groups attached to an aromatic ring is 1. The average Bonchev–Trinajstić information content (AvgIpc) is 2.84. The topological polar surface area (TPSA) is 59.0 Å². The molecule has 0 radical (unpaired) electrons. The first kappa shape index (κ1) is 15.4. The molecule has 0 atom stereocenters. The van der Waals surface area contributed by atoms with Gasteiger partial charge in [-0.25, -0.2) is 0 Å². The van der Waals surface area contributed by atoms with Gasteiger partial charge in [-0.2, -0.15) is 5.26 Å². The Labute approximate surface area is 130 Å². The summed E-state index contributed by atoms with van der Waals surface area (Å²) in [6.45, 7) is 4.96. The minimum Gasteiger partial charge on any atom is -0.494 e. The number of nitrogens with two attached hydrogens (primary N) is 1. The van der Waals surface area contributed by atoms with E-state index >= 15 is 0 Å². The number of hydrogen-bond acceptors (Lipinski definition) is 4. The molecular formula is C17H20N2OS. The first-order valence-corrected chi connectivity index (χ1v) is 8.07. The van der Waals surface area contributed by atoms with Crippen LogP contribution in [-0.4, -0.2) is 6.61 Å². The van der Waals surface area contributed by atoms with Crippen molar-refractivity contribution >= 4 is 17.0 Å². The second-order valence-electron chi connectivity index (χ2n) is 4.84. The summed E-state index contributed by atoms with van der Waals surface area (Å²) in [5.41, 5.74) is 8.82. The molecule has 0 aliphatic carbocycles. The van der Waals surface area contributed by atoms with Gasteiger partial charge in [-0.05, 0) is 48.2 Å². The Morgan fingerprint density at radius 2 is 1.95 bits per heavy atom. The highest BCUT2D eigenvalue weighted by Gasteiger charge is 2.15. The molecule has 3 nitrogen and oxygen atoms in total. The predicted octanol–water partition coefficient (Wildman–Crippen LogP) is 4.61. The molecule has 1 aromatic heterocycles. The Hall–Kier alpha value is -1.99. The van der Waals surface area contributed by atoms with Crippen LogP contribution in [0.25, 0.3) is 10.4 Å². The van der Waals surface area contributed by atoms with Crippen molar-refractivity contribution in [2.24, 2.45) is 0 Å². The van der Waals surface area contributed by atoms with Crippen LogP contribution in [0.3, 0.4) is 0 Å². The van der Waals surface area contributed by atoms with Gasteiger partial charge in [0.25, 0.3) is 0 Å². The highest BCUT2D eigenvalue weighted by Crippen LogP contribution is 2.39. The normalized spacial score (nSPS) is 10.3. The fraction of sp³-hybridized carbons (Fsp3) is 0.353. The first-order valence-electron chi connectivity index (χ1n) is 7.25. The maximum absolute atomic E-state index is 9.12. The van der Waals surface area contributed by atoms with Crippen molar-refractivity contribution in [2.45, 2.75) is 33.1 Å². The Morgan fingerprint density at radius 1 is 1.24 bits per heavy atom. The standard InChI is InChI=1S/C17H20N2OS/c1-3-5-10-20-13-8-6-12(7-9-13)17-14(4-2)16(19)15(11-18)21-17/h6-9H,3-5,10,19H2,1-2H3. The molecule has 0 unspecified atom stereocenters. The predicted molar refractivity (Wildman–Crippen MR) is 88.7 cm³/mol. The number of rotatable bonds is 6. The van der Waals surface area contributed by atoms with Crippen LogP contribution in [-0.2, 0) is 6.42 Å². The summed E-state index contributed by atoms with van der Waals surface area (Å²) in [6.07, 6.45) is 3.02. The van der Waals surface area contributed by atoms with Gasteiger partial charge in [-0.15, -0.1) is 11.3 Å². The van der Waals surface area contributed by atoms with Crippen molar-refractivity contribution < 1.29 is 4.74 Å². The highest BCUT2D eigenvalue weighted by molar-refractivity contribution is 7.16. The lowest BCUT2D eigenvalue weighted by Crippen LogP contribution is -1.96. The zero-order chi connectivity index (χ0) is 15.2. The smallest absolute Gasteiger partial charge is 0.128 e. The van der Waals surface area contributed by atoms with E-state index in [1.54, 1.807) is 0 Å². The quantitative estimate of drug-likeness (QED) is 0.792. The third-order valence-corrected chi connectivity index (χ3v) is 4.59. The second-order valence-corrected chi connectivity index (χ2v) is 5.86. The van der Waals surface area contributed by atoms with E-state index in [1.165, 1.54) is 11.3 Å². The molecule has 4 heteroatoms. The van der Waals surface area contributed by atoms with Gasteiger partial charge in [0.15, 0.2) is 0 Å². The highest BCUT2D eigenvalue weighted by atomic mass is 32.1. The number of hydrogen-bond donors (Lipinski definition) is 1. The number of nitrogens with zero attached hydrogens (tertiary/aromatic N) is 1. The lowest BCUT2D eigenvalue weighted by atomic mass is 10.1. The molecule has 2 rings (SSSR count). The molecule has 2 N–H and O–H groups in total. The molecule has 0 aliphatic rings. The minimum absolute atomic E-state index is 0.602. The van der Waals surface area contributed by atoms with Crippen LogP contribution in [0.4, 0.5) is 5.69 Å². The van der Waals surface area contributed by atoms with Gasteiger partial charge in [-0.3, -0.25) is 0 Å². The van der Waals surface area contributed by atoms with E-state index in [2.05, 4.69) is 19.9 Å². The van der Waals surface area contributed by atoms with Crippen LogP contribution in [0.1, 0.15) is 37.1 Å². The van der Waals surface area contributed by atoms with E-state index in [1.807, 2.05) is 24.3 Å². The lowest BCUT2D eigenvalue weighted by molar-refractivity contribution is 0.309. The SMILES string of the molecule is CCCCOc1ccc(-c2sc(C#N)c(N)c2CC)cc1. The van der Waals surface area contributed by atoms with Crippen LogP contribution in [0, 0.1) is 11.3 Å². The van der Waals surface area contributed by atoms with Gasteiger partial charge in [-0.1, -0.05) is 20.3 Å². The molecule has 1 heterocycles. The summed E-state index contributed by atoms with van der Waals surface area (Å²) in [7, 11) is 0. The Bertz CT molecular complexity index is 638. The molecule has 110 valence electrons. The third-order valence-electron chi connectivity index (χ3n) is 3.39. The number of unbranched alkanes of at least 4 members (excludes halogenated alkanes) is 1. The van der Waals surface area contributed by atoms with Crippen molar-refractivity contribution in [3.8, 4) is 22.3 Å². The van der Waals surface area contributed by atoms with Crippen molar-refractivity contribution in [3.05, 3.63) is 34.7 Å². The van der Waals surface area contributed by atoms with Gasteiger partial charge in [0.2, 0.25) is 0 Å². The number of thiophene rings is 1. The monoisotopic (exact) mass is 300 g/mol. The number of anilines is 1. The molecule has 0 saturated carbocycles. The molecule has 21 heavy (non-hydrogen) atoms. The number of benzene rings is 1. The summed E-state index contributed by atoms with van der Waals surface area (Å²) in [5.74, 6) is 0.885. The van der Waals surface area contributed by atoms with Gasteiger partial charge >= 0.3 is 0 Å². The minimum atomic E-state index is 0.602. The first-order chi connectivity index (χ1) is 10.2. The fourth-order valence-electron chi connectivity index (χ4n) is 2.18. The molecule has 0 saturated heterocycles. The van der Waals surface area contributed by atoms with E-state index in [0.717, 1.165) is 47.6 Å². The maximum atomic E-state index is 9.12. The van der Waals surface area contributed by atoms with Crippen molar-refractivity contribution in [2.75, 3.05) is 12.3 Å². The summed E-state index contributed by atoms with van der Waals surface area (Å²) in [4.78, 5) is 1.69. The molecule has 0 bridgehead atoms. The van der Waals surface area contributed by atoms with E-state index < -0.39 is 0 Å². The molecule has 0 aliphatic heterocycles. The zero-order valence-electron chi connectivity index (χ0n) is 12.5. The number of nitriles is 1. The van der Waals surface area contributed by atoms with Crippen LogP contribution in [0.2, 0.25) is 0 Å². The summed E-state index contributed by atoms with van der Waals surface area (Å²) in [6, 6.07) is 10.2. The van der Waals surface area contributed by atoms with Gasteiger partial charge < -0.3 is 10.5 Å². The summed E-state index contributed by atoms with van der Waals surface area (Å²) in [5, 5.41) is 9.12. The van der Waals surface area contributed by atoms with Crippen LogP contribution >= 0.6 is 11.3 Å². The lowest BCUT2D eigenvalue weighted by Gasteiger charge is -2.07. The van der Waals surface area contributed by atoms with Crippen molar-refractivity contribution in [1.82, 2.24) is 0 Å². The summed E-state index contributed by atoms with van der Waals surface area (Å²) >= 11 is 1.46. The fourth-order valence-corrected chi connectivity index (χ4v) is 3.30. The van der Waals surface area contributed by atoms with E-state index in [-0.39, 0.29) is 0 Å². The van der Waals surface area contributed by atoms with Gasteiger partial charge in [0.05, 0.1) is 12.3 Å². The molecule has 0 spiro atoms. The van der Waals surface area contributed by atoms with E-state index in [9.17, 15) is 0 Å². The van der Waals surface area contributed by atoms with Crippen molar-refractivity contribution in [1.29, 1.82) is 5.26 Å². The van der Waals surface area contributed by atoms with Crippen LogP contribution < -0.4 is 10.5 Å². The van der Waals surface area contributed by atoms with E-state index in [4.69, 9.17) is 15.7 Å².